The molecule has 7 nitrogen and oxygen atoms in total. The second kappa shape index (κ2) is 11.4. The van der Waals surface area contributed by atoms with Crippen LogP contribution in [-0.2, 0) is 24.2 Å². The fourth-order valence-corrected chi connectivity index (χ4v) is 5.96. The van der Waals surface area contributed by atoms with Gasteiger partial charge in [0.2, 0.25) is 0 Å². The van der Waals surface area contributed by atoms with Crippen molar-refractivity contribution in [3.63, 3.8) is 0 Å². The number of halogens is 3. The number of thiazole rings is 1. The highest BCUT2D eigenvalue weighted by molar-refractivity contribution is 7.11. The zero-order chi connectivity index (χ0) is 26.9. The van der Waals surface area contributed by atoms with Gasteiger partial charge >= 0.3 is 5.97 Å². The second-order valence-electron chi connectivity index (χ2n) is 9.05. The Kier molecular flexibility index (Phi) is 8.43. The number of nitrogens with one attached hydrogen (secondary N) is 1. The maximum atomic E-state index is 13.1. The molecule has 4 rings (SSSR count). The van der Waals surface area contributed by atoms with Crippen LogP contribution in [0.15, 0.2) is 36.5 Å². The summed E-state index contributed by atoms with van der Waals surface area (Å²) in [7, 11) is 0. The van der Waals surface area contributed by atoms with E-state index >= 15 is 0 Å². The van der Waals surface area contributed by atoms with Gasteiger partial charge in [0.15, 0.2) is 0 Å². The molecule has 1 aliphatic heterocycles. The lowest BCUT2D eigenvalue weighted by Crippen LogP contribution is -2.42. The standard InChI is InChI=1S/C26H24Cl3N3O4S/c1-13(2)20-11-30-21(37-20)10-19(26(35)36)31-24(33)22-18(28)9-15-12-32(8-7-17(15)23(22)29)25(34)14-3-5-16(27)6-4-14/h3-6,9,11,13,19H,7-8,10,12H2,1-2H3,(H,31,33)(H,35,36)/t19-/m0/s1. The molecule has 194 valence electrons. The Bertz CT molecular complexity index is 1360. The number of rotatable bonds is 7. The number of aliphatic carboxylic acids is 1. The number of nitrogens with zero attached hydrogens (tertiary/aromatic N) is 2. The molecule has 3 aromatic rings. The first-order chi connectivity index (χ1) is 17.5. The zero-order valence-electron chi connectivity index (χ0n) is 20.1. The van der Waals surface area contributed by atoms with Crippen molar-refractivity contribution in [2.24, 2.45) is 0 Å². The van der Waals surface area contributed by atoms with Crippen LogP contribution in [0.4, 0.5) is 0 Å². The minimum absolute atomic E-state index is 0.0211. The fourth-order valence-electron chi connectivity index (χ4n) is 4.10. The summed E-state index contributed by atoms with van der Waals surface area (Å²) >= 11 is 20.4. The molecule has 0 radical (unpaired) electrons. The third-order valence-corrected chi connectivity index (χ3v) is 8.42. The molecular formula is C26H24Cl3N3O4S. The Morgan fingerprint density at radius 2 is 1.86 bits per heavy atom. The SMILES string of the molecule is CC(C)c1cnc(C[C@H](NC(=O)c2c(Cl)cc3c(c2Cl)CCN(C(=O)c2ccc(Cl)cc2)C3)C(=O)O)s1. The topological polar surface area (TPSA) is 99.6 Å². The smallest absolute Gasteiger partial charge is 0.326 e. The first-order valence-corrected chi connectivity index (χ1v) is 13.5. The number of aromatic nitrogens is 1. The summed E-state index contributed by atoms with van der Waals surface area (Å²) in [6.45, 7) is 4.73. The van der Waals surface area contributed by atoms with E-state index in [1.165, 1.54) is 11.3 Å². The molecule has 11 heteroatoms. The van der Waals surface area contributed by atoms with E-state index in [0.717, 1.165) is 10.4 Å². The fraction of sp³-hybridized carbons (Fsp3) is 0.308. The van der Waals surface area contributed by atoms with Crippen LogP contribution in [0.3, 0.4) is 0 Å². The molecule has 2 N–H and O–H groups in total. The maximum Gasteiger partial charge on any atom is 0.326 e. The molecule has 0 fully saturated rings. The number of hydrogen-bond acceptors (Lipinski definition) is 5. The van der Waals surface area contributed by atoms with Gasteiger partial charge in [-0.3, -0.25) is 9.59 Å². The highest BCUT2D eigenvalue weighted by atomic mass is 35.5. The Hall–Kier alpha value is -2.65. The van der Waals surface area contributed by atoms with Crippen LogP contribution in [0.25, 0.3) is 0 Å². The van der Waals surface area contributed by atoms with E-state index in [1.807, 2.05) is 13.8 Å². The van der Waals surface area contributed by atoms with Gasteiger partial charge in [-0.1, -0.05) is 48.7 Å². The molecular weight excluding hydrogens is 557 g/mol. The van der Waals surface area contributed by atoms with Crippen molar-refractivity contribution in [2.45, 2.75) is 45.2 Å². The number of carboxylic acid groups (broad SMARTS) is 1. The maximum absolute atomic E-state index is 13.1. The highest BCUT2D eigenvalue weighted by Crippen LogP contribution is 2.35. The lowest BCUT2D eigenvalue weighted by Gasteiger charge is -2.30. The third kappa shape index (κ3) is 6.09. The average molecular weight is 581 g/mol. The molecule has 2 amide bonds. The summed E-state index contributed by atoms with van der Waals surface area (Å²) < 4.78 is 0. The Labute approximate surface area is 233 Å². The number of carbonyl (C=O) groups is 3. The van der Waals surface area contributed by atoms with Crippen LogP contribution in [-0.4, -0.2) is 45.4 Å². The Balaban J connectivity index is 1.52. The number of carboxylic acids is 1. The van der Waals surface area contributed by atoms with Gasteiger partial charge < -0.3 is 15.3 Å². The van der Waals surface area contributed by atoms with Gasteiger partial charge in [0.25, 0.3) is 11.8 Å². The Morgan fingerprint density at radius 3 is 2.49 bits per heavy atom. The molecule has 0 aliphatic carbocycles. The molecule has 1 aliphatic rings. The van der Waals surface area contributed by atoms with Gasteiger partial charge in [-0.2, -0.15) is 0 Å². The van der Waals surface area contributed by atoms with Gasteiger partial charge in [0, 0.05) is 41.2 Å². The van der Waals surface area contributed by atoms with Crippen LogP contribution >= 0.6 is 46.1 Å². The van der Waals surface area contributed by atoms with E-state index in [4.69, 9.17) is 34.8 Å². The predicted molar refractivity (Wildman–Crippen MR) is 145 cm³/mol. The van der Waals surface area contributed by atoms with Crippen LogP contribution in [0.2, 0.25) is 15.1 Å². The molecule has 0 saturated heterocycles. The molecule has 37 heavy (non-hydrogen) atoms. The van der Waals surface area contributed by atoms with Crippen LogP contribution in [0.5, 0.6) is 0 Å². The molecule has 2 aromatic carbocycles. The summed E-state index contributed by atoms with van der Waals surface area (Å²) in [4.78, 5) is 45.0. The lowest BCUT2D eigenvalue weighted by molar-refractivity contribution is -0.139. The van der Waals surface area contributed by atoms with Crippen LogP contribution in [0, 0.1) is 0 Å². The zero-order valence-corrected chi connectivity index (χ0v) is 23.1. The minimum atomic E-state index is -1.20. The number of fused-ring (bicyclic) bond motifs is 1. The van der Waals surface area contributed by atoms with E-state index < -0.39 is 17.9 Å². The number of hydrogen-bond donors (Lipinski definition) is 2. The van der Waals surface area contributed by atoms with Crippen molar-refractivity contribution < 1.29 is 19.5 Å². The van der Waals surface area contributed by atoms with E-state index in [2.05, 4.69) is 10.3 Å². The summed E-state index contributed by atoms with van der Waals surface area (Å²) in [5.74, 6) is -1.74. The monoisotopic (exact) mass is 579 g/mol. The number of carbonyl (C=O) groups excluding carboxylic acids is 2. The lowest BCUT2D eigenvalue weighted by atomic mass is 9.96. The van der Waals surface area contributed by atoms with Gasteiger partial charge in [-0.05, 0) is 53.8 Å². The van der Waals surface area contributed by atoms with Crippen LogP contribution in [0.1, 0.15) is 61.5 Å². The number of benzene rings is 2. The summed E-state index contributed by atoms with van der Waals surface area (Å²) in [5, 5.41) is 13.7. The molecule has 0 spiro atoms. The van der Waals surface area contributed by atoms with Gasteiger partial charge in [-0.25, -0.2) is 9.78 Å². The quantitative estimate of drug-likeness (QED) is 0.365. The normalized spacial score (nSPS) is 13.8. The van der Waals surface area contributed by atoms with Gasteiger partial charge in [0.1, 0.15) is 6.04 Å². The van der Waals surface area contributed by atoms with Gasteiger partial charge in [-0.15, -0.1) is 11.3 Å². The third-order valence-electron chi connectivity index (χ3n) is 6.13. The molecule has 0 bridgehead atoms. The molecule has 1 atom stereocenters. The Morgan fingerprint density at radius 1 is 1.16 bits per heavy atom. The van der Waals surface area contributed by atoms with E-state index in [9.17, 15) is 19.5 Å². The molecule has 2 heterocycles. The van der Waals surface area contributed by atoms with Gasteiger partial charge in [0.05, 0.1) is 20.6 Å². The van der Waals surface area contributed by atoms with Crippen molar-refractivity contribution in [3.8, 4) is 0 Å². The minimum Gasteiger partial charge on any atom is -0.480 e. The predicted octanol–water partition coefficient (Wildman–Crippen LogP) is 5.85. The van der Waals surface area contributed by atoms with E-state index in [0.29, 0.717) is 34.1 Å². The van der Waals surface area contributed by atoms with E-state index in [1.54, 1.807) is 41.4 Å². The number of amides is 2. The average Bonchev–Trinajstić information content (AvgIpc) is 3.32. The van der Waals surface area contributed by atoms with Crippen molar-refractivity contribution in [3.05, 3.63) is 83.7 Å². The van der Waals surface area contributed by atoms with Crippen molar-refractivity contribution in [2.75, 3.05) is 6.54 Å². The molecule has 0 saturated carbocycles. The summed E-state index contributed by atoms with van der Waals surface area (Å²) in [5.41, 5.74) is 1.98. The summed E-state index contributed by atoms with van der Waals surface area (Å²) in [6.07, 6.45) is 2.19. The largest absolute Gasteiger partial charge is 0.480 e. The first-order valence-electron chi connectivity index (χ1n) is 11.6. The van der Waals surface area contributed by atoms with Crippen molar-refractivity contribution in [1.29, 1.82) is 0 Å². The second-order valence-corrected chi connectivity index (χ2v) is 11.4. The molecule has 0 unspecified atom stereocenters. The van der Waals surface area contributed by atoms with Crippen molar-refractivity contribution in [1.82, 2.24) is 15.2 Å². The molecule has 1 aromatic heterocycles. The van der Waals surface area contributed by atoms with Crippen molar-refractivity contribution >= 4 is 63.9 Å². The van der Waals surface area contributed by atoms with E-state index in [-0.39, 0.29) is 40.4 Å². The first kappa shape index (κ1) is 27.4. The van der Waals surface area contributed by atoms with Crippen LogP contribution < -0.4 is 5.32 Å². The highest BCUT2D eigenvalue weighted by Gasteiger charge is 2.30. The summed E-state index contributed by atoms with van der Waals surface area (Å²) in [6, 6.07) is 7.07.